The van der Waals surface area contributed by atoms with Gasteiger partial charge in [-0.1, -0.05) is 17.4 Å². The molecule has 26 heavy (non-hydrogen) atoms. The maximum Gasteiger partial charge on any atom is 0.263 e. The number of ether oxygens (including phenoxy) is 1. The SMILES string of the molecule is COc1cccc(N2C(=O)[C@@H]3[C@@H](N=NN3c3cc(C)cc(C)c3)C2=O)c1. The molecule has 0 N–H and O–H groups in total. The minimum atomic E-state index is -0.825. The first kappa shape index (κ1) is 16.3. The number of fused-ring (bicyclic) bond motifs is 1. The summed E-state index contributed by atoms with van der Waals surface area (Å²) in [6, 6.07) is 11.2. The van der Waals surface area contributed by atoms with E-state index in [1.807, 2.05) is 32.0 Å². The zero-order valence-electron chi connectivity index (χ0n) is 14.7. The van der Waals surface area contributed by atoms with Crippen molar-refractivity contribution in [1.29, 1.82) is 0 Å². The fraction of sp³-hybridized carbons (Fsp3) is 0.263. The summed E-state index contributed by atoms with van der Waals surface area (Å²) >= 11 is 0. The van der Waals surface area contributed by atoms with Crippen molar-refractivity contribution >= 4 is 23.2 Å². The molecule has 0 saturated carbocycles. The molecule has 0 spiro atoms. The Hall–Kier alpha value is -3.22. The largest absolute Gasteiger partial charge is 0.497 e. The van der Waals surface area contributed by atoms with Crippen LogP contribution in [0, 0.1) is 13.8 Å². The molecule has 7 nitrogen and oxygen atoms in total. The highest BCUT2D eigenvalue weighted by Gasteiger charge is 2.55. The molecular weight excluding hydrogens is 332 g/mol. The van der Waals surface area contributed by atoms with Gasteiger partial charge in [-0.15, -0.1) is 0 Å². The summed E-state index contributed by atoms with van der Waals surface area (Å²) in [7, 11) is 1.54. The van der Waals surface area contributed by atoms with Crippen LogP contribution in [0.15, 0.2) is 52.8 Å². The van der Waals surface area contributed by atoms with Crippen molar-refractivity contribution < 1.29 is 14.3 Å². The molecule has 0 radical (unpaired) electrons. The lowest BCUT2D eigenvalue weighted by molar-refractivity contribution is -0.121. The van der Waals surface area contributed by atoms with Gasteiger partial charge in [-0.25, -0.2) is 9.91 Å². The first-order chi connectivity index (χ1) is 12.5. The number of hydrogen-bond donors (Lipinski definition) is 0. The average molecular weight is 350 g/mol. The molecule has 0 aliphatic carbocycles. The fourth-order valence-corrected chi connectivity index (χ4v) is 3.46. The number of methoxy groups -OCH3 is 1. The number of anilines is 2. The summed E-state index contributed by atoms with van der Waals surface area (Å²) < 4.78 is 5.19. The van der Waals surface area contributed by atoms with Crippen LogP contribution in [0.2, 0.25) is 0 Å². The van der Waals surface area contributed by atoms with Crippen molar-refractivity contribution in [1.82, 2.24) is 0 Å². The van der Waals surface area contributed by atoms with Crippen LogP contribution >= 0.6 is 0 Å². The second kappa shape index (κ2) is 5.94. The highest BCUT2D eigenvalue weighted by atomic mass is 16.5. The van der Waals surface area contributed by atoms with E-state index in [-0.39, 0.29) is 11.8 Å². The zero-order valence-corrected chi connectivity index (χ0v) is 14.7. The predicted octanol–water partition coefficient (Wildman–Crippen LogP) is 2.81. The van der Waals surface area contributed by atoms with Crippen LogP contribution in [-0.2, 0) is 9.59 Å². The van der Waals surface area contributed by atoms with Gasteiger partial charge in [0, 0.05) is 6.07 Å². The molecule has 2 atom stereocenters. The molecule has 1 fully saturated rings. The molecule has 2 aromatic rings. The Bertz CT molecular complexity index is 920. The molecule has 2 aliphatic heterocycles. The molecule has 2 aromatic carbocycles. The molecule has 0 aromatic heterocycles. The predicted molar refractivity (Wildman–Crippen MR) is 96.3 cm³/mol. The third kappa shape index (κ3) is 2.44. The van der Waals surface area contributed by atoms with Gasteiger partial charge < -0.3 is 4.74 Å². The standard InChI is InChI=1S/C19H18N4O3/c1-11-7-12(2)9-14(8-11)23-17-16(20-21-23)18(24)22(19(17)25)13-5-4-6-15(10-13)26-3/h4-10,16-17H,1-3H3/t16-,17+/m1/s1. The molecular formula is C19H18N4O3. The van der Waals surface area contributed by atoms with Crippen molar-refractivity contribution in [2.45, 2.75) is 25.9 Å². The number of carbonyl (C=O) groups excluding carboxylic acids is 2. The Labute approximate surface area is 150 Å². The summed E-state index contributed by atoms with van der Waals surface area (Å²) in [4.78, 5) is 27.0. The van der Waals surface area contributed by atoms with Crippen LogP contribution in [0.5, 0.6) is 5.75 Å². The molecule has 7 heteroatoms. The maximum absolute atomic E-state index is 13.1. The number of aryl methyl sites for hydroxylation is 2. The lowest BCUT2D eigenvalue weighted by atomic mass is 10.1. The minimum Gasteiger partial charge on any atom is -0.497 e. The molecule has 0 unspecified atom stereocenters. The van der Waals surface area contributed by atoms with E-state index in [2.05, 4.69) is 10.3 Å². The van der Waals surface area contributed by atoms with Crippen molar-refractivity contribution in [3.05, 3.63) is 53.6 Å². The van der Waals surface area contributed by atoms with Crippen LogP contribution < -0.4 is 14.6 Å². The number of hydrogen-bond acceptors (Lipinski definition) is 6. The van der Waals surface area contributed by atoms with E-state index in [1.54, 1.807) is 29.3 Å². The van der Waals surface area contributed by atoms with Crippen LogP contribution in [-0.4, -0.2) is 31.0 Å². The van der Waals surface area contributed by atoms with Crippen molar-refractivity contribution in [2.75, 3.05) is 17.0 Å². The van der Waals surface area contributed by atoms with Crippen LogP contribution in [0.25, 0.3) is 0 Å². The summed E-state index contributed by atoms with van der Waals surface area (Å²) in [6.45, 7) is 3.96. The van der Waals surface area contributed by atoms with E-state index in [0.717, 1.165) is 16.8 Å². The normalized spacial score (nSPS) is 21.5. The Morgan fingerprint density at radius 1 is 0.962 bits per heavy atom. The fourth-order valence-electron chi connectivity index (χ4n) is 3.46. The zero-order chi connectivity index (χ0) is 18.4. The maximum atomic E-state index is 13.1. The van der Waals surface area contributed by atoms with Crippen LogP contribution in [0.1, 0.15) is 11.1 Å². The van der Waals surface area contributed by atoms with E-state index in [4.69, 9.17) is 4.74 Å². The highest BCUT2D eigenvalue weighted by Crippen LogP contribution is 2.36. The quantitative estimate of drug-likeness (QED) is 0.798. The average Bonchev–Trinajstić information content (AvgIpc) is 3.15. The van der Waals surface area contributed by atoms with Gasteiger partial charge in [-0.3, -0.25) is 9.59 Å². The Kier molecular flexibility index (Phi) is 3.72. The molecule has 4 rings (SSSR count). The topological polar surface area (TPSA) is 74.6 Å². The molecule has 2 amide bonds. The lowest BCUT2D eigenvalue weighted by Gasteiger charge is -2.21. The van der Waals surface area contributed by atoms with Gasteiger partial charge in [0.25, 0.3) is 11.8 Å². The number of imide groups is 1. The van der Waals surface area contributed by atoms with Crippen molar-refractivity contribution in [3.8, 4) is 5.75 Å². The smallest absolute Gasteiger partial charge is 0.263 e. The van der Waals surface area contributed by atoms with E-state index in [9.17, 15) is 9.59 Å². The van der Waals surface area contributed by atoms with E-state index in [0.29, 0.717) is 11.4 Å². The monoisotopic (exact) mass is 350 g/mol. The summed E-state index contributed by atoms with van der Waals surface area (Å²) in [5, 5.41) is 9.72. The van der Waals surface area contributed by atoms with Gasteiger partial charge in [0.15, 0.2) is 12.1 Å². The molecule has 2 heterocycles. The highest BCUT2D eigenvalue weighted by molar-refractivity contribution is 6.26. The van der Waals surface area contributed by atoms with Crippen LogP contribution in [0.4, 0.5) is 11.4 Å². The summed E-state index contributed by atoms with van der Waals surface area (Å²) in [5.41, 5.74) is 3.34. The third-order valence-electron chi connectivity index (χ3n) is 4.56. The second-order valence-corrected chi connectivity index (χ2v) is 6.50. The Morgan fingerprint density at radius 3 is 2.38 bits per heavy atom. The molecule has 0 bridgehead atoms. The third-order valence-corrected chi connectivity index (χ3v) is 4.56. The second-order valence-electron chi connectivity index (χ2n) is 6.50. The van der Waals surface area contributed by atoms with Crippen molar-refractivity contribution in [2.24, 2.45) is 10.3 Å². The van der Waals surface area contributed by atoms with E-state index in [1.165, 1.54) is 12.0 Å². The van der Waals surface area contributed by atoms with Gasteiger partial charge >= 0.3 is 0 Å². The number of rotatable bonds is 3. The summed E-state index contributed by atoms with van der Waals surface area (Å²) in [6.07, 6.45) is 0. The van der Waals surface area contributed by atoms with Gasteiger partial charge in [-0.2, -0.15) is 5.11 Å². The van der Waals surface area contributed by atoms with Gasteiger partial charge in [-0.05, 0) is 49.2 Å². The van der Waals surface area contributed by atoms with Gasteiger partial charge in [0.1, 0.15) is 5.75 Å². The number of carbonyl (C=O) groups is 2. The van der Waals surface area contributed by atoms with Crippen molar-refractivity contribution in [3.63, 3.8) is 0 Å². The Morgan fingerprint density at radius 2 is 1.69 bits per heavy atom. The minimum absolute atomic E-state index is 0.336. The van der Waals surface area contributed by atoms with Gasteiger partial charge in [0.05, 0.1) is 18.5 Å². The first-order valence-corrected chi connectivity index (χ1v) is 8.30. The van der Waals surface area contributed by atoms with E-state index < -0.39 is 12.1 Å². The first-order valence-electron chi connectivity index (χ1n) is 8.30. The molecule has 2 aliphatic rings. The lowest BCUT2D eigenvalue weighted by Crippen LogP contribution is -2.40. The van der Waals surface area contributed by atoms with Gasteiger partial charge in [0.2, 0.25) is 0 Å². The van der Waals surface area contributed by atoms with Crippen LogP contribution in [0.3, 0.4) is 0 Å². The summed E-state index contributed by atoms with van der Waals surface area (Å²) in [5.74, 6) is -0.130. The Balaban J connectivity index is 1.71. The van der Waals surface area contributed by atoms with E-state index >= 15 is 0 Å². The number of nitrogens with zero attached hydrogens (tertiary/aromatic N) is 4. The number of amides is 2. The number of benzene rings is 2. The molecule has 1 saturated heterocycles. The molecule has 132 valence electrons.